The van der Waals surface area contributed by atoms with Crippen LogP contribution in [0.2, 0.25) is 0 Å². The van der Waals surface area contributed by atoms with Gasteiger partial charge in [0.25, 0.3) is 0 Å². The molecule has 0 aliphatic carbocycles. The van der Waals surface area contributed by atoms with Crippen molar-refractivity contribution in [3.8, 4) is 0 Å². The fraction of sp³-hybridized carbons (Fsp3) is 0.500. The maximum absolute atomic E-state index is 13.7. The second-order valence-corrected chi connectivity index (χ2v) is 8.08. The molecule has 3 atom stereocenters. The highest BCUT2D eigenvalue weighted by molar-refractivity contribution is 7.89. The van der Waals surface area contributed by atoms with E-state index in [1.165, 1.54) is 24.0 Å². The second kappa shape index (κ2) is 7.49. The Labute approximate surface area is 145 Å². The van der Waals surface area contributed by atoms with E-state index in [2.05, 4.69) is 4.72 Å². The van der Waals surface area contributed by atoms with Gasteiger partial charge in [0.2, 0.25) is 15.9 Å². The Morgan fingerprint density at radius 2 is 1.96 bits per heavy atom. The molecule has 138 valence electrons. The summed E-state index contributed by atoms with van der Waals surface area (Å²) in [7, 11) is -4.21. The van der Waals surface area contributed by atoms with E-state index < -0.39 is 44.6 Å². The van der Waals surface area contributed by atoms with E-state index in [-0.39, 0.29) is 12.5 Å². The summed E-state index contributed by atoms with van der Waals surface area (Å²) < 4.78 is 40.4. The minimum Gasteiger partial charge on any atom is -0.481 e. The number of sulfonamides is 1. The largest absolute Gasteiger partial charge is 0.481 e. The molecule has 0 radical (unpaired) electrons. The molecule has 7 nitrogen and oxygen atoms in total. The molecular weight excluding hydrogens is 351 g/mol. The molecule has 1 saturated heterocycles. The van der Waals surface area contributed by atoms with Crippen LogP contribution in [-0.4, -0.2) is 49.4 Å². The summed E-state index contributed by atoms with van der Waals surface area (Å²) >= 11 is 0. The number of benzene rings is 1. The Morgan fingerprint density at radius 1 is 1.32 bits per heavy atom. The van der Waals surface area contributed by atoms with Crippen LogP contribution in [0.3, 0.4) is 0 Å². The van der Waals surface area contributed by atoms with Crippen LogP contribution in [0.25, 0.3) is 0 Å². The SMILES string of the molecule is CC1CC(C(=O)O)CN(C(=O)C(C)NS(=O)(=O)c2ccccc2F)C1. The minimum atomic E-state index is -4.21. The number of aliphatic carboxylic acids is 1. The Kier molecular flexibility index (Phi) is 5.79. The van der Waals surface area contributed by atoms with Crippen LogP contribution in [0.5, 0.6) is 0 Å². The normalized spacial score (nSPS) is 22.4. The summed E-state index contributed by atoms with van der Waals surface area (Å²) in [6, 6.07) is 3.74. The van der Waals surface area contributed by atoms with E-state index in [9.17, 15) is 22.4 Å². The topological polar surface area (TPSA) is 104 Å². The van der Waals surface area contributed by atoms with E-state index in [1.807, 2.05) is 6.92 Å². The molecule has 0 bridgehead atoms. The van der Waals surface area contributed by atoms with Crippen molar-refractivity contribution in [3.63, 3.8) is 0 Å². The average molecular weight is 372 g/mol. The lowest BCUT2D eigenvalue weighted by Gasteiger charge is -2.36. The van der Waals surface area contributed by atoms with Crippen molar-refractivity contribution in [1.82, 2.24) is 9.62 Å². The Morgan fingerprint density at radius 3 is 2.56 bits per heavy atom. The summed E-state index contributed by atoms with van der Waals surface area (Å²) in [4.78, 5) is 24.5. The number of nitrogens with one attached hydrogen (secondary N) is 1. The van der Waals surface area contributed by atoms with E-state index in [1.54, 1.807) is 0 Å². The number of nitrogens with zero attached hydrogens (tertiary/aromatic N) is 1. The van der Waals surface area contributed by atoms with E-state index in [0.717, 1.165) is 12.1 Å². The smallest absolute Gasteiger partial charge is 0.308 e. The monoisotopic (exact) mass is 372 g/mol. The van der Waals surface area contributed by atoms with Gasteiger partial charge in [-0.15, -0.1) is 0 Å². The maximum atomic E-state index is 13.7. The van der Waals surface area contributed by atoms with Gasteiger partial charge in [-0.1, -0.05) is 19.1 Å². The second-order valence-electron chi connectivity index (χ2n) is 6.39. The van der Waals surface area contributed by atoms with Crippen molar-refractivity contribution in [2.45, 2.75) is 31.2 Å². The van der Waals surface area contributed by atoms with Gasteiger partial charge in [-0.05, 0) is 31.4 Å². The molecule has 0 spiro atoms. The van der Waals surface area contributed by atoms with Gasteiger partial charge in [0.15, 0.2) is 0 Å². The zero-order valence-corrected chi connectivity index (χ0v) is 14.8. The number of hydrogen-bond acceptors (Lipinski definition) is 4. The molecule has 9 heteroatoms. The van der Waals surface area contributed by atoms with Gasteiger partial charge < -0.3 is 10.0 Å². The number of carbonyl (C=O) groups is 2. The molecule has 1 aliphatic rings. The van der Waals surface area contributed by atoms with Gasteiger partial charge in [-0.2, -0.15) is 4.72 Å². The number of carbonyl (C=O) groups excluding carboxylic acids is 1. The van der Waals surface area contributed by atoms with Crippen LogP contribution in [0.15, 0.2) is 29.2 Å². The third-order valence-corrected chi connectivity index (χ3v) is 5.72. The number of carboxylic acid groups (broad SMARTS) is 1. The number of halogens is 1. The van der Waals surface area contributed by atoms with E-state index in [0.29, 0.717) is 13.0 Å². The van der Waals surface area contributed by atoms with Gasteiger partial charge >= 0.3 is 5.97 Å². The highest BCUT2D eigenvalue weighted by Gasteiger charge is 2.34. The average Bonchev–Trinajstić information content (AvgIpc) is 2.53. The zero-order chi connectivity index (χ0) is 18.8. The summed E-state index contributed by atoms with van der Waals surface area (Å²) in [6.45, 7) is 3.58. The molecule has 1 aliphatic heterocycles. The molecule has 1 aromatic rings. The van der Waals surface area contributed by atoms with Crippen molar-refractivity contribution in [2.24, 2.45) is 11.8 Å². The van der Waals surface area contributed by atoms with Crippen molar-refractivity contribution in [2.75, 3.05) is 13.1 Å². The third kappa shape index (κ3) is 4.55. The lowest BCUT2D eigenvalue weighted by atomic mass is 9.90. The first kappa shape index (κ1) is 19.3. The fourth-order valence-corrected chi connectivity index (χ4v) is 4.27. The van der Waals surface area contributed by atoms with Gasteiger partial charge in [-0.3, -0.25) is 9.59 Å². The molecule has 1 amide bonds. The minimum absolute atomic E-state index is 0.00539. The van der Waals surface area contributed by atoms with Crippen LogP contribution in [0.4, 0.5) is 4.39 Å². The molecule has 1 aromatic carbocycles. The maximum Gasteiger partial charge on any atom is 0.308 e. The molecule has 2 rings (SSSR count). The zero-order valence-electron chi connectivity index (χ0n) is 14.0. The molecule has 0 aromatic heterocycles. The van der Waals surface area contributed by atoms with Crippen LogP contribution in [-0.2, 0) is 19.6 Å². The molecule has 1 heterocycles. The molecule has 3 unspecified atom stereocenters. The molecular formula is C16H21FN2O5S. The van der Waals surface area contributed by atoms with Gasteiger partial charge in [0.1, 0.15) is 10.7 Å². The van der Waals surface area contributed by atoms with Crippen molar-refractivity contribution < 1.29 is 27.5 Å². The molecule has 25 heavy (non-hydrogen) atoms. The number of likely N-dealkylation sites (tertiary alicyclic amines) is 1. The lowest BCUT2D eigenvalue weighted by molar-refractivity contribution is -0.147. The van der Waals surface area contributed by atoms with E-state index in [4.69, 9.17) is 5.11 Å². The fourth-order valence-electron chi connectivity index (χ4n) is 2.99. The van der Waals surface area contributed by atoms with E-state index >= 15 is 0 Å². The first-order chi connectivity index (χ1) is 11.6. The molecule has 1 fully saturated rings. The van der Waals surface area contributed by atoms with Gasteiger partial charge in [-0.25, -0.2) is 12.8 Å². The van der Waals surface area contributed by atoms with Crippen LogP contribution in [0.1, 0.15) is 20.3 Å². The molecule has 0 saturated carbocycles. The third-order valence-electron chi connectivity index (χ3n) is 4.15. The number of hydrogen-bond donors (Lipinski definition) is 2. The summed E-state index contributed by atoms with van der Waals surface area (Å²) in [5.74, 6) is -3.11. The highest BCUT2D eigenvalue weighted by atomic mass is 32.2. The van der Waals surface area contributed by atoms with Crippen LogP contribution >= 0.6 is 0 Å². The Balaban J connectivity index is 2.12. The Bertz CT molecular complexity index is 768. The van der Waals surface area contributed by atoms with Crippen molar-refractivity contribution in [3.05, 3.63) is 30.1 Å². The predicted molar refractivity (Wildman–Crippen MR) is 87.7 cm³/mol. The Hall–Kier alpha value is -2.00. The highest BCUT2D eigenvalue weighted by Crippen LogP contribution is 2.22. The summed E-state index contributed by atoms with van der Waals surface area (Å²) in [6.07, 6.45) is 0.467. The number of amides is 1. The standard InChI is InChI=1S/C16H21FN2O5S/c1-10-7-12(16(21)22)9-19(8-10)15(20)11(2)18-25(23,24)14-6-4-3-5-13(14)17/h3-6,10-12,18H,7-9H2,1-2H3,(H,21,22). The van der Waals surface area contributed by atoms with Crippen LogP contribution in [0, 0.1) is 17.7 Å². The number of carboxylic acids is 1. The number of piperidine rings is 1. The van der Waals surface area contributed by atoms with Gasteiger partial charge in [0, 0.05) is 13.1 Å². The summed E-state index contributed by atoms with van der Waals surface area (Å²) in [5.41, 5.74) is 0. The number of rotatable bonds is 5. The lowest BCUT2D eigenvalue weighted by Crippen LogP contribution is -2.52. The van der Waals surface area contributed by atoms with Crippen molar-refractivity contribution in [1.29, 1.82) is 0 Å². The van der Waals surface area contributed by atoms with Gasteiger partial charge in [0.05, 0.1) is 12.0 Å². The predicted octanol–water partition coefficient (Wildman–Crippen LogP) is 1.06. The van der Waals surface area contributed by atoms with Crippen LogP contribution < -0.4 is 4.72 Å². The van der Waals surface area contributed by atoms with Crippen molar-refractivity contribution >= 4 is 21.9 Å². The quantitative estimate of drug-likeness (QED) is 0.804. The molecule has 2 N–H and O–H groups in total. The summed E-state index contributed by atoms with van der Waals surface area (Å²) in [5, 5.41) is 9.17. The first-order valence-corrected chi connectivity index (χ1v) is 9.38. The first-order valence-electron chi connectivity index (χ1n) is 7.90.